The molecule has 1 unspecified atom stereocenters. The van der Waals surface area contributed by atoms with Gasteiger partial charge in [-0.05, 0) is 40.5 Å². The molecule has 3 N–H and O–H groups in total. The average molecular weight is 351 g/mol. The lowest BCUT2D eigenvalue weighted by Crippen LogP contribution is -2.19. The molecule has 3 rings (SSSR count). The van der Waals surface area contributed by atoms with Crippen molar-refractivity contribution in [3.8, 4) is 11.5 Å². The van der Waals surface area contributed by atoms with Crippen molar-refractivity contribution < 1.29 is 13.9 Å². The molecule has 0 aliphatic carbocycles. The fourth-order valence-electron chi connectivity index (χ4n) is 2.13. The molecule has 6 heteroatoms. The first-order chi connectivity index (χ1) is 9.95. The summed E-state index contributed by atoms with van der Waals surface area (Å²) < 4.78 is 19.8. The molecule has 0 aromatic heterocycles. The van der Waals surface area contributed by atoms with E-state index in [0.29, 0.717) is 32.8 Å². The second kappa shape index (κ2) is 5.13. The van der Waals surface area contributed by atoms with Crippen molar-refractivity contribution in [2.75, 3.05) is 5.32 Å². The van der Waals surface area contributed by atoms with Crippen molar-refractivity contribution >= 4 is 27.5 Å². The number of ether oxygens (including phenoxy) is 1. The Morgan fingerprint density at radius 2 is 2.10 bits per heavy atom. The molecule has 1 aliphatic heterocycles. The molecule has 1 atom stereocenters. The van der Waals surface area contributed by atoms with Gasteiger partial charge in [0.1, 0.15) is 23.4 Å². The molecule has 1 amide bonds. The Bertz CT molecular complexity index is 749. The summed E-state index contributed by atoms with van der Waals surface area (Å²) in [5, 5.41) is 2.68. The van der Waals surface area contributed by atoms with Crippen LogP contribution in [-0.4, -0.2) is 5.91 Å². The van der Waals surface area contributed by atoms with Gasteiger partial charge in [-0.3, -0.25) is 4.79 Å². The number of carbonyl (C=O) groups is 1. The smallest absolute Gasteiger partial charge is 0.245 e. The number of halogens is 2. The summed E-state index contributed by atoms with van der Waals surface area (Å²) >= 11 is 3.37. The van der Waals surface area contributed by atoms with Crippen molar-refractivity contribution in [2.45, 2.75) is 13.0 Å². The third kappa shape index (κ3) is 2.52. The van der Waals surface area contributed by atoms with Gasteiger partial charge in [0.15, 0.2) is 0 Å². The number of benzene rings is 2. The van der Waals surface area contributed by atoms with E-state index < -0.39 is 6.04 Å². The molecule has 0 saturated carbocycles. The van der Waals surface area contributed by atoms with Gasteiger partial charge in [0.25, 0.3) is 0 Å². The number of hydrogen-bond acceptors (Lipinski definition) is 3. The van der Waals surface area contributed by atoms with Gasteiger partial charge in [-0.25, -0.2) is 4.39 Å². The maximum absolute atomic E-state index is 13.5. The Hall–Kier alpha value is -1.92. The van der Waals surface area contributed by atoms with Gasteiger partial charge in [0.2, 0.25) is 5.91 Å². The van der Waals surface area contributed by atoms with Crippen LogP contribution < -0.4 is 15.8 Å². The minimum absolute atomic E-state index is 0.254. The number of amides is 1. The van der Waals surface area contributed by atoms with E-state index in [4.69, 9.17) is 10.5 Å². The molecule has 0 radical (unpaired) electrons. The van der Waals surface area contributed by atoms with Crippen LogP contribution in [0.4, 0.5) is 10.1 Å². The number of nitrogens with two attached hydrogens (primary N) is 1. The number of anilines is 1. The fraction of sp³-hybridized carbons (Fsp3) is 0.133. The second-order valence-electron chi connectivity index (χ2n) is 4.85. The van der Waals surface area contributed by atoms with E-state index in [1.807, 2.05) is 0 Å². The van der Waals surface area contributed by atoms with Gasteiger partial charge in [0, 0.05) is 23.4 Å². The van der Waals surface area contributed by atoms with Crippen molar-refractivity contribution in [1.29, 1.82) is 0 Å². The summed E-state index contributed by atoms with van der Waals surface area (Å²) in [7, 11) is 0. The zero-order valence-corrected chi connectivity index (χ0v) is 12.7. The number of aryl methyl sites for hydroxylation is 1. The lowest BCUT2D eigenvalue weighted by atomic mass is 10.1. The fourth-order valence-corrected chi connectivity index (χ4v) is 2.57. The molecule has 21 heavy (non-hydrogen) atoms. The van der Waals surface area contributed by atoms with Gasteiger partial charge in [-0.1, -0.05) is 6.07 Å². The first-order valence-electron chi connectivity index (χ1n) is 6.29. The Balaban J connectivity index is 1.95. The van der Waals surface area contributed by atoms with Gasteiger partial charge in [0.05, 0.1) is 4.47 Å². The van der Waals surface area contributed by atoms with E-state index in [1.54, 1.807) is 31.2 Å². The summed E-state index contributed by atoms with van der Waals surface area (Å²) in [6.07, 6.45) is 0. The highest BCUT2D eigenvalue weighted by molar-refractivity contribution is 9.10. The molecule has 0 bridgehead atoms. The molecule has 108 valence electrons. The lowest BCUT2D eigenvalue weighted by Gasteiger charge is -2.11. The van der Waals surface area contributed by atoms with E-state index in [9.17, 15) is 9.18 Å². The molecule has 0 fully saturated rings. The van der Waals surface area contributed by atoms with Crippen molar-refractivity contribution in [3.05, 3.63) is 51.7 Å². The van der Waals surface area contributed by atoms with Crippen LogP contribution in [0.1, 0.15) is 17.2 Å². The average Bonchev–Trinajstić information content (AvgIpc) is 2.70. The predicted molar refractivity (Wildman–Crippen MR) is 80.9 cm³/mol. The molecule has 4 nitrogen and oxygen atoms in total. The van der Waals surface area contributed by atoms with Crippen LogP contribution in [0.25, 0.3) is 0 Å². The molecular weight excluding hydrogens is 339 g/mol. The molecule has 0 spiro atoms. The third-order valence-electron chi connectivity index (χ3n) is 3.35. The minimum Gasteiger partial charge on any atom is -0.456 e. The van der Waals surface area contributed by atoms with E-state index in [2.05, 4.69) is 21.2 Å². The van der Waals surface area contributed by atoms with Crippen molar-refractivity contribution in [2.24, 2.45) is 5.73 Å². The molecule has 2 aromatic carbocycles. The maximum atomic E-state index is 13.5. The number of nitrogens with one attached hydrogen (secondary N) is 1. The highest BCUT2D eigenvalue weighted by atomic mass is 79.9. The number of fused-ring (bicyclic) bond motifs is 1. The predicted octanol–water partition coefficient (Wildman–Crippen LogP) is 3.64. The van der Waals surface area contributed by atoms with Crippen LogP contribution in [0.15, 0.2) is 34.8 Å². The van der Waals surface area contributed by atoms with Crippen LogP contribution in [-0.2, 0) is 4.79 Å². The topological polar surface area (TPSA) is 64.3 Å². The van der Waals surface area contributed by atoms with E-state index in [1.165, 1.54) is 6.07 Å². The largest absolute Gasteiger partial charge is 0.456 e. The van der Waals surface area contributed by atoms with Crippen LogP contribution >= 0.6 is 15.9 Å². The van der Waals surface area contributed by atoms with Crippen LogP contribution in [0.3, 0.4) is 0 Å². The summed E-state index contributed by atoms with van der Waals surface area (Å²) in [6, 6.07) is 7.37. The number of hydrogen-bond donors (Lipinski definition) is 2. The first kappa shape index (κ1) is 14.0. The van der Waals surface area contributed by atoms with Gasteiger partial charge < -0.3 is 15.8 Å². The first-order valence-corrected chi connectivity index (χ1v) is 7.09. The Morgan fingerprint density at radius 3 is 2.81 bits per heavy atom. The zero-order chi connectivity index (χ0) is 15.1. The standard InChI is InChI=1S/C15H12BrFN2O2/c1-7-2-3-8(4-11(7)17)21-13-6-12-9(5-10(13)16)14(18)15(20)19-12/h2-6,14H,18H2,1H3,(H,19,20). The van der Waals surface area contributed by atoms with Crippen LogP contribution in [0.5, 0.6) is 11.5 Å². The molecular formula is C15H12BrFN2O2. The van der Waals surface area contributed by atoms with Crippen molar-refractivity contribution in [1.82, 2.24) is 0 Å². The van der Waals surface area contributed by atoms with E-state index in [0.717, 1.165) is 0 Å². The van der Waals surface area contributed by atoms with Gasteiger partial charge in [-0.2, -0.15) is 0 Å². The number of carbonyl (C=O) groups excluding carboxylic acids is 1. The van der Waals surface area contributed by atoms with Gasteiger partial charge >= 0.3 is 0 Å². The van der Waals surface area contributed by atoms with Crippen LogP contribution in [0, 0.1) is 12.7 Å². The Morgan fingerprint density at radius 1 is 1.33 bits per heavy atom. The molecule has 1 heterocycles. The van der Waals surface area contributed by atoms with E-state index in [-0.39, 0.29) is 11.7 Å². The zero-order valence-electron chi connectivity index (χ0n) is 11.1. The monoisotopic (exact) mass is 350 g/mol. The SMILES string of the molecule is Cc1ccc(Oc2cc3c(cc2Br)C(N)C(=O)N3)cc1F. The van der Waals surface area contributed by atoms with Gasteiger partial charge in [-0.15, -0.1) is 0 Å². The summed E-state index contributed by atoms with van der Waals surface area (Å²) in [5.74, 6) is 0.273. The van der Waals surface area contributed by atoms with Crippen molar-refractivity contribution in [3.63, 3.8) is 0 Å². The molecule has 0 saturated heterocycles. The summed E-state index contributed by atoms with van der Waals surface area (Å²) in [6.45, 7) is 1.68. The maximum Gasteiger partial charge on any atom is 0.245 e. The second-order valence-corrected chi connectivity index (χ2v) is 5.70. The number of rotatable bonds is 2. The lowest BCUT2D eigenvalue weighted by molar-refractivity contribution is -0.116. The Labute approximate surface area is 129 Å². The highest BCUT2D eigenvalue weighted by Crippen LogP contribution is 2.39. The Kier molecular flexibility index (Phi) is 3.43. The highest BCUT2D eigenvalue weighted by Gasteiger charge is 2.28. The quantitative estimate of drug-likeness (QED) is 0.868. The molecule has 1 aliphatic rings. The van der Waals surface area contributed by atoms with E-state index >= 15 is 0 Å². The van der Waals surface area contributed by atoms with Crippen LogP contribution in [0.2, 0.25) is 0 Å². The molecule has 2 aromatic rings. The minimum atomic E-state index is -0.679. The normalized spacial score (nSPS) is 16.6. The summed E-state index contributed by atoms with van der Waals surface area (Å²) in [4.78, 5) is 11.6. The third-order valence-corrected chi connectivity index (χ3v) is 3.97. The summed E-state index contributed by atoms with van der Waals surface area (Å²) in [5.41, 5.74) is 7.64.